The van der Waals surface area contributed by atoms with Crippen LogP contribution < -0.4 is 15.0 Å². The van der Waals surface area contributed by atoms with Crippen molar-refractivity contribution in [3.05, 3.63) is 68.2 Å². The quantitative estimate of drug-likeness (QED) is 0.425. The number of benzene rings is 2. The van der Waals surface area contributed by atoms with Crippen LogP contribution in [0.5, 0.6) is 5.75 Å². The number of nitrogens with one attached hydrogen (secondary N) is 1. The molecule has 12 heteroatoms. The van der Waals surface area contributed by atoms with Gasteiger partial charge in [-0.25, -0.2) is 0 Å². The lowest BCUT2D eigenvalue weighted by atomic mass is 10.1. The Kier molecular flexibility index (Phi) is 6.01. The summed E-state index contributed by atoms with van der Waals surface area (Å²) in [5.41, 5.74) is 0.469. The molecule has 0 aliphatic carbocycles. The number of aromatic nitrogens is 2. The van der Waals surface area contributed by atoms with Gasteiger partial charge in [0, 0.05) is 36.7 Å². The summed E-state index contributed by atoms with van der Waals surface area (Å²) in [5, 5.41) is 22.5. The van der Waals surface area contributed by atoms with Gasteiger partial charge in [-0.1, -0.05) is 22.9 Å². The normalized spacial score (nSPS) is 15.6. The maximum Gasteiger partial charge on any atom is 0.270 e. The number of non-ortho nitro benzene ring substituents is 1. The summed E-state index contributed by atoms with van der Waals surface area (Å²) in [6.45, 7) is 0.435. The molecule has 0 bridgehead atoms. The van der Waals surface area contributed by atoms with E-state index in [1.165, 1.54) is 12.1 Å². The number of ether oxygens (including phenoxy) is 1. The molecule has 1 unspecified atom stereocenters. The van der Waals surface area contributed by atoms with E-state index in [0.29, 0.717) is 17.3 Å². The molecule has 1 aliphatic rings. The summed E-state index contributed by atoms with van der Waals surface area (Å²) in [6.07, 6.45) is 0.269. The van der Waals surface area contributed by atoms with Gasteiger partial charge in [-0.15, -0.1) is 10.2 Å². The third kappa shape index (κ3) is 4.39. The first kappa shape index (κ1) is 21.7. The van der Waals surface area contributed by atoms with Gasteiger partial charge in [-0.3, -0.25) is 25.0 Å². The third-order valence-corrected chi connectivity index (χ3v) is 6.26. The fourth-order valence-electron chi connectivity index (χ4n) is 3.30. The van der Waals surface area contributed by atoms with E-state index in [2.05, 4.69) is 15.5 Å². The van der Waals surface area contributed by atoms with E-state index in [9.17, 15) is 19.7 Å². The van der Waals surface area contributed by atoms with Crippen molar-refractivity contribution in [2.24, 2.45) is 0 Å². The van der Waals surface area contributed by atoms with Gasteiger partial charge in [-0.2, -0.15) is 0 Å². The van der Waals surface area contributed by atoms with Crippen molar-refractivity contribution in [1.82, 2.24) is 10.2 Å². The molecule has 0 saturated carbocycles. The van der Waals surface area contributed by atoms with Crippen molar-refractivity contribution in [3.63, 3.8) is 0 Å². The van der Waals surface area contributed by atoms with E-state index in [-0.39, 0.29) is 39.7 Å². The molecule has 1 atom stereocenters. The lowest BCUT2D eigenvalue weighted by molar-refractivity contribution is -0.384. The van der Waals surface area contributed by atoms with Gasteiger partial charge in [0.15, 0.2) is 0 Å². The second-order valence-electron chi connectivity index (χ2n) is 6.92. The van der Waals surface area contributed by atoms with Crippen LogP contribution in [0.4, 0.5) is 16.5 Å². The molecule has 164 valence electrons. The van der Waals surface area contributed by atoms with Gasteiger partial charge in [0.25, 0.3) is 11.6 Å². The minimum atomic E-state index is -0.635. The molecular weight excluding hydrogens is 458 g/mol. The average Bonchev–Trinajstić information content (AvgIpc) is 3.40. The van der Waals surface area contributed by atoms with Crippen molar-refractivity contribution in [3.8, 4) is 5.75 Å². The van der Waals surface area contributed by atoms with Crippen LogP contribution in [0.25, 0.3) is 0 Å². The van der Waals surface area contributed by atoms with E-state index < -0.39 is 10.8 Å². The van der Waals surface area contributed by atoms with Crippen molar-refractivity contribution in [2.75, 3.05) is 23.9 Å². The number of hydrogen-bond donors (Lipinski definition) is 1. The monoisotopic (exact) mass is 473 g/mol. The first-order valence-corrected chi connectivity index (χ1v) is 10.6. The molecule has 0 radical (unpaired) electrons. The van der Waals surface area contributed by atoms with Crippen LogP contribution in [0.15, 0.2) is 42.5 Å². The predicted molar refractivity (Wildman–Crippen MR) is 119 cm³/mol. The molecule has 2 amide bonds. The molecule has 2 aromatic carbocycles. The number of halogens is 1. The molecule has 1 saturated heterocycles. The van der Waals surface area contributed by atoms with Crippen molar-refractivity contribution in [2.45, 2.75) is 12.3 Å². The Morgan fingerprint density at radius 2 is 2.03 bits per heavy atom. The number of nitrogens with zero attached hydrogens (tertiary/aromatic N) is 4. The minimum absolute atomic E-state index is 0.0377. The van der Waals surface area contributed by atoms with Crippen LogP contribution in [0, 0.1) is 10.1 Å². The lowest BCUT2D eigenvalue weighted by Crippen LogP contribution is -2.24. The largest absolute Gasteiger partial charge is 0.497 e. The number of rotatable bonds is 6. The van der Waals surface area contributed by atoms with E-state index in [4.69, 9.17) is 16.3 Å². The van der Waals surface area contributed by atoms with Crippen molar-refractivity contribution in [1.29, 1.82) is 0 Å². The Hall–Kier alpha value is -3.57. The van der Waals surface area contributed by atoms with E-state index >= 15 is 0 Å². The van der Waals surface area contributed by atoms with Crippen LogP contribution in [0.3, 0.4) is 0 Å². The molecule has 32 heavy (non-hydrogen) atoms. The first-order chi connectivity index (χ1) is 15.4. The zero-order chi connectivity index (χ0) is 22.8. The van der Waals surface area contributed by atoms with Crippen LogP contribution in [0.2, 0.25) is 5.02 Å². The molecule has 2 heterocycles. The predicted octanol–water partition coefficient (Wildman–Crippen LogP) is 3.88. The number of carbonyl (C=O) groups is 2. The van der Waals surface area contributed by atoms with Gasteiger partial charge in [0.2, 0.25) is 11.0 Å². The highest BCUT2D eigenvalue weighted by Crippen LogP contribution is 2.35. The first-order valence-electron chi connectivity index (χ1n) is 9.39. The van der Waals surface area contributed by atoms with Crippen molar-refractivity contribution < 1.29 is 19.2 Å². The molecule has 1 aliphatic heterocycles. The summed E-state index contributed by atoms with van der Waals surface area (Å²) in [7, 11) is 1.57. The molecule has 4 rings (SSSR count). The Morgan fingerprint density at radius 3 is 2.72 bits per heavy atom. The number of amides is 2. The number of methoxy groups -OCH3 is 1. The zero-order valence-electron chi connectivity index (χ0n) is 16.6. The Balaban J connectivity index is 1.46. The van der Waals surface area contributed by atoms with E-state index in [1.807, 2.05) is 12.1 Å². The fraction of sp³-hybridized carbons (Fsp3) is 0.200. The molecule has 10 nitrogen and oxygen atoms in total. The SMILES string of the molecule is COc1ccc(N2CC(c3nnc(NC(=O)c4cc([N+](=O)[O-])ccc4Cl)s3)CC2=O)cc1. The van der Waals surface area contributed by atoms with Crippen LogP contribution >= 0.6 is 22.9 Å². The molecule has 1 aromatic heterocycles. The highest BCUT2D eigenvalue weighted by atomic mass is 35.5. The Labute approximate surface area is 190 Å². The maximum atomic E-state index is 12.5. The summed E-state index contributed by atoms with van der Waals surface area (Å²) >= 11 is 7.16. The highest BCUT2D eigenvalue weighted by molar-refractivity contribution is 7.15. The third-order valence-electron chi connectivity index (χ3n) is 4.92. The summed E-state index contributed by atoms with van der Waals surface area (Å²) in [6, 6.07) is 10.8. The van der Waals surface area contributed by atoms with Crippen molar-refractivity contribution >= 4 is 51.3 Å². The molecular formula is C20H16ClN5O5S. The van der Waals surface area contributed by atoms with Gasteiger partial charge < -0.3 is 9.64 Å². The van der Waals surface area contributed by atoms with E-state index in [1.54, 1.807) is 24.1 Å². The smallest absolute Gasteiger partial charge is 0.270 e. The van der Waals surface area contributed by atoms with Crippen LogP contribution in [-0.2, 0) is 4.79 Å². The maximum absolute atomic E-state index is 12.5. The standard InChI is InChI=1S/C20H16ClN5O5S/c1-31-14-5-2-12(3-6-14)25-10-11(8-17(25)27)19-23-24-20(32-19)22-18(28)15-9-13(26(29)30)4-7-16(15)21/h2-7,9,11H,8,10H2,1H3,(H,22,24,28). The van der Waals surface area contributed by atoms with Gasteiger partial charge in [0.05, 0.1) is 22.6 Å². The lowest BCUT2D eigenvalue weighted by Gasteiger charge is -2.16. The second-order valence-corrected chi connectivity index (χ2v) is 8.34. The Morgan fingerprint density at radius 1 is 1.28 bits per heavy atom. The topological polar surface area (TPSA) is 128 Å². The van der Waals surface area contributed by atoms with Gasteiger partial charge in [-0.05, 0) is 30.3 Å². The van der Waals surface area contributed by atoms with E-state index in [0.717, 1.165) is 23.1 Å². The number of carbonyl (C=O) groups excluding carboxylic acids is 2. The zero-order valence-corrected chi connectivity index (χ0v) is 18.2. The summed E-state index contributed by atoms with van der Waals surface area (Å²) < 4.78 is 5.14. The van der Waals surface area contributed by atoms with Crippen LogP contribution in [0.1, 0.15) is 27.7 Å². The number of nitro benzene ring substituents is 1. The highest BCUT2D eigenvalue weighted by Gasteiger charge is 2.34. The summed E-state index contributed by atoms with van der Waals surface area (Å²) in [5.74, 6) is -0.146. The molecule has 0 spiro atoms. The number of nitro groups is 1. The summed E-state index contributed by atoms with van der Waals surface area (Å²) in [4.78, 5) is 37.1. The number of anilines is 2. The van der Waals surface area contributed by atoms with Gasteiger partial charge in [0.1, 0.15) is 10.8 Å². The molecule has 1 fully saturated rings. The Bertz CT molecular complexity index is 1200. The average molecular weight is 474 g/mol. The minimum Gasteiger partial charge on any atom is -0.497 e. The van der Waals surface area contributed by atoms with Crippen LogP contribution in [-0.4, -0.2) is 40.6 Å². The fourth-order valence-corrected chi connectivity index (χ4v) is 4.33. The molecule has 1 N–H and O–H groups in total. The number of hydrogen-bond acceptors (Lipinski definition) is 8. The van der Waals surface area contributed by atoms with Gasteiger partial charge >= 0.3 is 0 Å². The second kappa shape index (κ2) is 8.89. The molecule has 3 aromatic rings.